The van der Waals surface area contributed by atoms with Crippen molar-refractivity contribution in [2.75, 3.05) is 13.7 Å². The van der Waals surface area contributed by atoms with Crippen LogP contribution in [0.4, 0.5) is 0 Å². The first-order chi connectivity index (χ1) is 7.24. The second kappa shape index (κ2) is 6.24. The molecule has 0 aromatic carbocycles. The van der Waals surface area contributed by atoms with Gasteiger partial charge in [-0.05, 0) is 32.0 Å². The summed E-state index contributed by atoms with van der Waals surface area (Å²) in [7, 11) is 1.40. The van der Waals surface area contributed by atoms with E-state index < -0.39 is 0 Å². The number of carbonyl (C=O) groups excluding carboxylic acids is 1. The Morgan fingerprint density at radius 3 is 3.07 bits per heavy atom. The van der Waals surface area contributed by atoms with Gasteiger partial charge in [-0.1, -0.05) is 0 Å². The molecule has 4 heteroatoms. The molecular formula is C11H17NO3. The van der Waals surface area contributed by atoms with Crippen LogP contribution in [0.25, 0.3) is 0 Å². The zero-order valence-corrected chi connectivity index (χ0v) is 9.16. The monoisotopic (exact) mass is 211 g/mol. The van der Waals surface area contributed by atoms with Crippen LogP contribution in [0, 0.1) is 0 Å². The molecule has 1 unspecified atom stereocenters. The molecule has 0 saturated heterocycles. The summed E-state index contributed by atoms with van der Waals surface area (Å²) in [5, 5.41) is 3.26. The smallest absolute Gasteiger partial charge is 0.305 e. The van der Waals surface area contributed by atoms with Crippen molar-refractivity contribution in [3.8, 4) is 0 Å². The van der Waals surface area contributed by atoms with Gasteiger partial charge in [-0.15, -0.1) is 0 Å². The summed E-state index contributed by atoms with van der Waals surface area (Å²) in [5.41, 5.74) is 0. The first-order valence-corrected chi connectivity index (χ1v) is 5.07. The lowest BCUT2D eigenvalue weighted by Crippen LogP contribution is -2.20. The van der Waals surface area contributed by atoms with Crippen LogP contribution in [0.5, 0.6) is 0 Å². The van der Waals surface area contributed by atoms with E-state index in [0.29, 0.717) is 6.42 Å². The van der Waals surface area contributed by atoms with Gasteiger partial charge in [0.25, 0.3) is 0 Å². The van der Waals surface area contributed by atoms with Crippen molar-refractivity contribution in [2.24, 2.45) is 0 Å². The van der Waals surface area contributed by atoms with E-state index in [2.05, 4.69) is 10.1 Å². The summed E-state index contributed by atoms with van der Waals surface area (Å²) in [4.78, 5) is 10.8. The lowest BCUT2D eigenvalue weighted by Gasteiger charge is -2.10. The third-order valence-corrected chi connectivity index (χ3v) is 2.21. The predicted molar refractivity (Wildman–Crippen MR) is 56.4 cm³/mol. The van der Waals surface area contributed by atoms with Crippen LogP contribution in [0.15, 0.2) is 22.8 Å². The quantitative estimate of drug-likeness (QED) is 0.576. The van der Waals surface area contributed by atoms with Crippen molar-refractivity contribution in [2.45, 2.75) is 25.8 Å². The molecule has 1 aromatic rings. The van der Waals surface area contributed by atoms with Gasteiger partial charge < -0.3 is 14.5 Å². The Morgan fingerprint density at radius 1 is 1.67 bits per heavy atom. The number of furan rings is 1. The van der Waals surface area contributed by atoms with E-state index in [1.807, 2.05) is 19.1 Å². The van der Waals surface area contributed by atoms with Crippen molar-refractivity contribution in [3.05, 3.63) is 24.2 Å². The minimum absolute atomic E-state index is 0.164. The lowest BCUT2D eigenvalue weighted by atomic mass is 10.2. The van der Waals surface area contributed by atoms with Gasteiger partial charge >= 0.3 is 5.97 Å². The van der Waals surface area contributed by atoms with Gasteiger partial charge in [0, 0.05) is 6.42 Å². The number of ether oxygens (including phenoxy) is 1. The Labute approximate surface area is 89.6 Å². The van der Waals surface area contributed by atoms with Crippen molar-refractivity contribution >= 4 is 5.97 Å². The number of rotatable bonds is 6. The molecule has 1 rings (SSSR count). The molecule has 0 aliphatic heterocycles. The maximum absolute atomic E-state index is 10.8. The van der Waals surface area contributed by atoms with Crippen molar-refractivity contribution in [1.82, 2.24) is 5.32 Å². The summed E-state index contributed by atoms with van der Waals surface area (Å²) in [6.07, 6.45) is 2.88. The fourth-order valence-electron chi connectivity index (χ4n) is 1.29. The molecular weight excluding hydrogens is 194 g/mol. The summed E-state index contributed by atoms with van der Waals surface area (Å²) in [6, 6.07) is 3.97. The Morgan fingerprint density at radius 2 is 2.47 bits per heavy atom. The van der Waals surface area contributed by atoms with Gasteiger partial charge in [-0.3, -0.25) is 4.79 Å². The molecule has 1 atom stereocenters. The number of carbonyl (C=O) groups is 1. The average Bonchev–Trinajstić information content (AvgIpc) is 2.77. The molecule has 1 heterocycles. The van der Waals surface area contributed by atoms with E-state index in [0.717, 1.165) is 18.7 Å². The maximum Gasteiger partial charge on any atom is 0.305 e. The molecule has 0 radical (unpaired) electrons. The molecule has 0 saturated carbocycles. The highest BCUT2D eigenvalue weighted by Gasteiger charge is 2.07. The zero-order chi connectivity index (χ0) is 11.1. The highest BCUT2D eigenvalue weighted by molar-refractivity contribution is 5.69. The van der Waals surface area contributed by atoms with E-state index >= 15 is 0 Å². The van der Waals surface area contributed by atoms with E-state index in [1.54, 1.807) is 6.26 Å². The molecule has 0 aliphatic rings. The maximum atomic E-state index is 10.8. The summed E-state index contributed by atoms with van der Waals surface area (Å²) >= 11 is 0. The fraction of sp³-hybridized carbons (Fsp3) is 0.545. The van der Waals surface area contributed by atoms with Crippen LogP contribution >= 0.6 is 0 Å². The highest BCUT2D eigenvalue weighted by atomic mass is 16.5. The third-order valence-electron chi connectivity index (χ3n) is 2.21. The Kier molecular flexibility index (Phi) is 4.90. The first kappa shape index (κ1) is 11.8. The summed E-state index contributed by atoms with van der Waals surface area (Å²) in [5.74, 6) is 0.746. The second-order valence-electron chi connectivity index (χ2n) is 3.37. The topological polar surface area (TPSA) is 51.5 Å². The average molecular weight is 211 g/mol. The molecule has 15 heavy (non-hydrogen) atoms. The van der Waals surface area contributed by atoms with Crippen molar-refractivity contribution in [1.29, 1.82) is 0 Å². The first-order valence-electron chi connectivity index (χ1n) is 5.07. The lowest BCUT2D eigenvalue weighted by molar-refractivity contribution is -0.140. The Balaban J connectivity index is 2.13. The highest BCUT2D eigenvalue weighted by Crippen LogP contribution is 2.11. The molecule has 0 spiro atoms. The van der Waals surface area contributed by atoms with Gasteiger partial charge in [0.2, 0.25) is 0 Å². The van der Waals surface area contributed by atoms with E-state index in [9.17, 15) is 4.79 Å². The van der Waals surface area contributed by atoms with Gasteiger partial charge in [0.1, 0.15) is 5.76 Å². The molecule has 0 fully saturated rings. The zero-order valence-electron chi connectivity index (χ0n) is 9.16. The minimum atomic E-state index is -0.164. The fourth-order valence-corrected chi connectivity index (χ4v) is 1.29. The van der Waals surface area contributed by atoms with E-state index in [-0.39, 0.29) is 12.0 Å². The van der Waals surface area contributed by atoms with Gasteiger partial charge in [-0.25, -0.2) is 0 Å². The molecule has 4 nitrogen and oxygen atoms in total. The second-order valence-corrected chi connectivity index (χ2v) is 3.37. The van der Waals surface area contributed by atoms with Crippen LogP contribution in [-0.2, 0) is 9.53 Å². The standard InChI is InChI=1S/C11H17NO3/c1-9(10-5-4-8-15-10)12-7-3-6-11(13)14-2/h4-5,8-9,12H,3,6-7H2,1-2H3. The predicted octanol–water partition coefficient (Wildman–Crippen LogP) is 1.88. The van der Waals surface area contributed by atoms with E-state index in [4.69, 9.17) is 4.42 Å². The van der Waals surface area contributed by atoms with Crippen LogP contribution in [0.3, 0.4) is 0 Å². The van der Waals surface area contributed by atoms with Crippen LogP contribution < -0.4 is 5.32 Å². The number of hydrogen-bond acceptors (Lipinski definition) is 4. The SMILES string of the molecule is COC(=O)CCCNC(C)c1ccco1. The molecule has 1 N–H and O–H groups in total. The molecule has 84 valence electrons. The summed E-state index contributed by atoms with van der Waals surface area (Å²) in [6.45, 7) is 2.80. The van der Waals surface area contributed by atoms with Crippen LogP contribution in [0.1, 0.15) is 31.6 Å². The number of esters is 1. The van der Waals surface area contributed by atoms with Gasteiger partial charge in [-0.2, -0.15) is 0 Å². The molecule has 0 amide bonds. The van der Waals surface area contributed by atoms with E-state index in [1.165, 1.54) is 7.11 Å². The molecule has 1 aromatic heterocycles. The number of nitrogens with one attached hydrogen (secondary N) is 1. The normalized spacial score (nSPS) is 12.4. The molecule has 0 aliphatic carbocycles. The Hall–Kier alpha value is -1.29. The van der Waals surface area contributed by atoms with Crippen LogP contribution in [-0.4, -0.2) is 19.6 Å². The largest absolute Gasteiger partial charge is 0.469 e. The van der Waals surface area contributed by atoms with Crippen molar-refractivity contribution < 1.29 is 13.9 Å². The number of hydrogen-bond donors (Lipinski definition) is 1. The summed E-state index contributed by atoms with van der Waals surface area (Å²) < 4.78 is 9.78. The van der Waals surface area contributed by atoms with Crippen molar-refractivity contribution in [3.63, 3.8) is 0 Å². The van der Waals surface area contributed by atoms with Gasteiger partial charge in [0.05, 0.1) is 19.4 Å². The third kappa shape index (κ3) is 4.16. The molecule has 0 bridgehead atoms. The Bertz CT molecular complexity index is 282. The van der Waals surface area contributed by atoms with Crippen LogP contribution in [0.2, 0.25) is 0 Å². The van der Waals surface area contributed by atoms with Gasteiger partial charge in [0.15, 0.2) is 0 Å². The minimum Gasteiger partial charge on any atom is -0.469 e. The number of methoxy groups -OCH3 is 1.